The molecule has 14 heteroatoms. The first kappa shape index (κ1) is 37.0. The number of benzene rings is 2. The predicted octanol–water partition coefficient (Wildman–Crippen LogP) is 7.63. The van der Waals surface area contributed by atoms with Crippen LogP contribution in [0, 0.1) is 11.7 Å². The van der Waals surface area contributed by atoms with E-state index in [9.17, 15) is 32.7 Å². The van der Waals surface area contributed by atoms with Gasteiger partial charge in [0.05, 0.1) is 11.5 Å². The standard InChI is InChI=1S/C35H35F4N3O6S/c1-6-47-27-16-24(48-35(37,38)39)15-25(30(27)36)23-17-40-31(41-18-23)21-9-7-20(8-10-21)13-22(32(44)42-19(2)33(45)46)14-26(43)28-11-12-29(49-28)34(3,4)5/h7-12,15-19,22H,6,13-14H2,1-5H3,(H,42,44)(H,45,46)/t19-,22-/m1/s1. The van der Waals surface area contributed by atoms with E-state index >= 15 is 4.39 Å². The molecule has 4 aromatic rings. The summed E-state index contributed by atoms with van der Waals surface area (Å²) in [6.45, 7) is 9.01. The van der Waals surface area contributed by atoms with Gasteiger partial charge in [0.1, 0.15) is 11.8 Å². The summed E-state index contributed by atoms with van der Waals surface area (Å²) in [5, 5.41) is 11.8. The molecule has 2 heterocycles. The minimum atomic E-state index is -5.00. The lowest BCUT2D eigenvalue weighted by Gasteiger charge is -2.18. The van der Waals surface area contributed by atoms with Crippen molar-refractivity contribution in [1.82, 2.24) is 15.3 Å². The van der Waals surface area contributed by atoms with Crippen LogP contribution in [0.1, 0.15) is 61.2 Å². The molecule has 0 fully saturated rings. The van der Waals surface area contributed by atoms with Crippen molar-refractivity contribution in [3.63, 3.8) is 0 Å². The molecule has 0 aliphatic carbocycles. The lowest BCUT2D eigenvalue weighted by molar-refractivity contribution is -0.274. The minimum Gasteiger partial charge on any atom is -0.491 e. The number of amides is 1. The zero-order chi connectivity index (χ0) is 36.1. The molecule has 0 aliphatic rings. The number of Topliss-reactive ketones (excluding diaryl/α,β-unsaturated/α-hetero) is 1. The summed E-state index contributed by atoms with van der Waals surface area (Å²) in [6, 6.07) is 11.0. The number of hydrogen-bond donors (Lipinski definition) is 2. The summed E-state index contributed by atoms with van der Waals surface area (Å²) < 4.78 is 62.9. The third-order valence-corrected chi connectivity index (χ3v) is 8.91. The van der Waals surface area contributed by atoms with Gasteiger partial charge in [0, 0.05) is 52.4 Å². The number of nitrogens with one attached hydrogen (secondary N) is 1. The summed E-state index contributed by atoms with van der Waals surface area (Å²) in [6.07, 6.45) is -2.48. The summed E-state index contributed by atoms with van der Waals surface area (Å²) in [5.41, 5.74) is 0.916. The molecule has 0 saturated carbocycles. The first-order valence-electron chi connectivity index (χ1n) is 15.3. The van der Waals surface area contributed by atoms with Crippen LogP contribution in [0.5, 0.6) is 11.5 Å². The van der Waals surface area contributed by atoms with Crippen LogP contribution in [0.25, 0.3) is 22.5 Å². The number of nitrogens with zero attached hydrogens (tertiary/aromatic N) is 2. The molecule has 0 saturated heterocycles. The van der Waals surface area contributed by atoms with Gasteiger partial charge in [-0.1, -0.05) is 45.0 Å². The molecular weight excluding hydrogens is 666 g/mol. The minimum absolute atomic E-state index is 0.00731. The molecule has 9 nitrogen and oxygen atoms in total. The second-order valence-corrected chi connectivity index (χ2v) is 13.4. The van der Waals surface area contributed by atoms with E-state index in [2.05, 4.69) is 20.0 Å². The Kier molecular flexibility index (Phi) is 11.4. The summed E-state index contributed by atoms with van der Waals surface area (Å²) in [5.74, 6) is -4.61. The quantitative estimate of drug-likeness (QED) is 0.108. The summed E-state index contributed by atoms with van der Waals surface area (Å²) >= 11 is 1.36. The molecule has 2 aromatic heterocycles. The number of alkyl halides is 3. The fourth-order valence-corrected chi connectivity index (χ4v) is 5.80. The number of thiophene rings is 1. The number of carbonyl (C=O) groups is 3. The van der Waals surface area contributed by atoms with Crippen molar-refractivity contribution in [2.75, 3.05) is 6.61 Å². The largest absolute Gasteiger partial charge is 0.573 e. The lowest BCUT2D eigenvalue weighted by atomic mass is 9.92. The van der Waals surface area contributed by atoms with E-state index < -0.39 is 47.5 Å². The Morgan fingerprint density at radius 3 is 2.18 bits per heavy atom. The van der Waals surface area contributed by atoms with Gasteiger partial charge in [0.2, 0.25) is 5.91 Å². The van der Waals surface area contributed by atoms with Gasteiger partial charge in [0.15, 0.2) is 23.2 Å². The molecule has 0 unspecified atom stereocenters. The molecular formula is C35H35F4N3O6S. The second kappa shape index (κ2) is 15.1. The average molecular weight is 702 g/mol. The van der Waals surface area contributed by atoms with Crippen molar-refractivity contribution in [1.29, 1.82) is 0 Å². The molecule has 1 amide bonds. The van der Waals surface area contributed by atoms with Gasteiger partial charge in [0.25, 0.3) is 0 Å². The number of carbonyl (C=O) groups excluding carboxylic acids is 2. The highest BCUT2D eigenvalue weighted by Gasteiger charge is 2.32. The van der Waals surface area contributed by atoms with Crippen molar-refractivity contribution in [2.45, 2.75) is 65.3 Å². The van der Waals surface area contributed by atoms with Crippen molar-refractivity contribution >= 4 is 29.0 Å². The van der Waals surface area contributed by atoms with Crippen molar-refractivity contribution in [3.05, 3.63) is 82.1 Å². The predicted molar refractivity (Wildman–Crippen MR) is 175 cm³/mol. The van der Waals surface area contributed by atoms with Crippen LogP contribution in [-0.2, 0) is 21.4 Å². The number of ketones is 1. The monoisotopic (exact) mass is 701 g/mol. The fourth-order valence-electron chi connectivity index (χ4n) is 4.79. The third kappa shape index (κ3) is 9.84. The highest BCUT2D eigenvalue weighted by molar-refractivity contribution is 7.14. The summed E-state index contributed by atoms with van der Waals surface area (Å²) in [4.78, 5) is 47.8. The van der Waals surface area contributed by atoms with Crippen molar-refractivity contribution < 1.29 is 46.5 Å². The van der Waals surface area contributed by atoms with E-state index in [1.54, 1.807) is 37.3 Å². The fraction of sp³-hybridized carbons (Fsp3) is 0.343. The van der Waals surface area contributed by atoms with Gasteiger partial charge in [-0.05, 0) is 49.4 Å². The van der Waals surface area contributed by atoms with E-state index in [0.29, 0.717) is 16.0 Å². The van der Waals surface area contributed by atoms with Crippen LogP contribution in [0.4, 0.5) is 17.6 Å². The van der Waals surface area contributed by atoms with Gasteiger partial charge in [-0.2, -0.15) is 0 Å². The topological polar surface area (TPSA) is 128 Å². The Morgan fingerprint density at radius 1 is 0.980 bits per heavy atom. The number of hydrogen-bond acceptors (Lipinski definition) is 8. The highest BCUT2D eigenvalue weighted by atomic mass is 32.1. The van der Waals surface area contributed by atoms with Gasteiger partial charge in [-0.15, -0.1) is 24.5 Å². The van der Waals surface area contributed by atoms with Gasteiger partial charge in [-0.25, -0.2) is 14.4 Å². The molecule has 2 atom stereocenters. The maximum Gasteiger partial charge on any atom is 0.573 e. The first-order chi connectivity index (χ1) is 22.9. The van der Waals surface area contributed by atoms with Crippen molar-refractivity contribution in [3.8, 4) is 34.0 Å². The van der Waals surface area contributed by atoms with Gasteiger partial charge < -0.3 is 19.9 Å². The van der Waals surface area contributed by atoms with Crippen molar-refractivity contribution in [2.24, 2.45) is 5.92 Å². The maximum atomic E-state index is 15.1. The number of halogens is 4. The van der Waals surface area contributed by atoms with Crippen LogP contribution >= 0.6 is 11.3 Å². The Bertz CT molecular complexity index is 1800. The Balaban J connectivity index is 1.54. The van der Waals surface area contributed by atoms with E-state index in [1.165, 1.54) is 30.7 Å². The zero-order valence-corrected chi connectivity index (χ0v) is 28.2. The van der Waals surface area contributed by atoms with E-state index in [0.717, 1.165) is 17.0 Å². The Labute approximate surface area is 284 Å². The van der Waals surface area contributed by atoms with E-state index in [-0.39, 0.29) is 47.6 Å². The van der Waals surface area contributed by atoms with Crippen LogP contribution in [-0.4, -0.2) is 51.7 Å². The molecule has 0 spiro atoms. The number of aromatic nitrogens is 2. The molecule has 0 bridgehead atoms. The SMILES string of the molecule is CCOc1cc(OC(F)(F)F)cc(-c2cnc(-c3ccc(C[C@H](CC(=O)c4ccc(C(C)(C)C)s4)C(=O)N[C@H](C)C(=O)O)cc3)nc2)c1F. The summed E-state index contributed by atoms with van der Waals surface area (Å²) in [7, 11) is 0. The highest BCUT2D eigenvalue weighted by Crippen LogP contribution is 2.36. The number of carboxylic acid groups (broad SMARTS) is 1. The average Bonchev–Trinajstić information content (AvgIpc) is 3.54. The smallest absolute Gasteiger partial charge is 0.491 e. The molecule has 2 N–H and O–H groups in total. The number of carboxylic acids is 1. The lowest BCUT2D eigenvalue weighted by Crippen LogP contribution is -2.42. The van der Waals surface area contributed by atoms with Crippen LogP contribution in [0.3, 0.4) is 0 Å². The first-order valence-corrected chi connectivity index (χ1v) is 16.1. The van der Waals surface area contributed by atoms with Crippen LogP contribution < -0.4 is 14.8 Å². The zero-order valence-electron chi connectivity index (χ0n) is 27.4. The van der Waals surface area contributed by atoms with E-state index in [4.69, 9.17) is 4.74 Å². The number of ether oxygens (including phenoxy) is 2. The number of aliphatic carboxylic acids is 1. The molecule has 260 valence electrons. The molecule has 0 aliphatic heterocycles. The molecule has 0 radical (unpaired) electrons. The van der Waals surface area contributed by atoms with Crippen LogP contribution in [0.15, 0.2) is 60.9 Å². The third-order valence-electron chi connectivity index (χ3n) is 7.36. The number of rotatable bonds is 13. The normalized spacial score (nSPS) is 13.0. The molecule has 49 heavy (non-hydrogen) atoms. The maximum absolute atomic E-state index is 15.1. The van der Waals surface area contributed by atoms with E-state index in [1.807, 2.05) is 26.8 Å². The molecule has 2 aromatic carbocycles. The second-order valence-electron chi connectivity index (χ2n) is 12.3. The molecule has 4 rings (SSSR count). The Morgan fingerprint density at radius 2 is 1.63 bits per heavy atom. The van der Waals surface area contributed by atoms with Crippen LogP contribution in [0.2, 0.25) is 0 Å². The Hall–Kier alpha value is -4.85. The van der Waals surface area contributed by atoms with Gasteiger partial charge in [-0.3, -0.25) is 14.4 Å². The van der Waals surface area contributed by atoms with Gasteiger partial charge >= 0.3 is 12.3 Å².